The molecule has 2 atom stereocenters. The number of ether oxygens (including phenoxy) is 1. The van der Waals surface area contributed by atoms with Crippen LogP contribution in [0.2, 0.25) is 0 Å². The van der Waals surface area contributed by atoms with E-state index in [0.717, 1.165) is 38.2 Å². The number of nitrogens with zero attached hydrogens (tertiary/aromatic N) is 1. The van der Waals surface area contributed by atoms with Crippen LogP contribution in [0.15, 0.2) is 24.3 Å². The molecule has 7 heteroatoms. The summed E-state index contributed by atoms with van der Waals surface area (Å²) >= 11 is 0. The standard InChI is InChI=1S/C22H35N3O2.2ClH/c1-3-25(4-2)12-13-27-20-10-8-16(9-11-20)22(26)24-21-17-6-5-7-18(21)15-19(23)14-17;;/h8-11,17-19,21H,3-7,12-15,23H2,1-2H3,(H,24,26);2*1H. The van der Waals surface area contributed by atoms with Crippen LogP contribution in [-0.4, -0.2) is 49.1 Å². The molecular formula is C22H37Cl2N3O2. The fourth-order valence-corrected chi connectivity index (χ4v) is 4.79. The van der Waals surface area contributed by atoms with E-state index in [-0.39, 0.29) is 36.8 Å². The normalized spacial score (nSPS) is 25.5. The van der Waals surface area contributed by atoms with Crippen LogP contribution < -0.4 is 15.8 Å². The monoisotopic (exact) mass is 445 g/mol. The molecule has 2 aliphatic rings. The molecule has 3 N–H and O–H groups in total. The van der Waals surface area contributed by atoms with Gasteiger partial charge in [-0.05, 0) is 74.9 Å². The Morgan fingerprint density at radius 3 is 2.24 bits per heavy atom. The lowest BCUT2D eigenvalue weighted by molar-refractivity contribution is 0.0756. The molecule has 1 aromatic rings. The van der Waals surface area contributed by atoms with E-state index in [1.54, 1.807) is 0 Å². The summed E-state index contributed by atoms with van der Waals surface area (Å²) in [5.41, 5.74) is 6.90. The molecule has 0 aromatic heterocycles. The topological polar surface area (TPSA) is 67.6 Å². The minimum Gasteiger partial charge on any atom is -0.492 e. The third kappa shape index (κ3) is 7.02. The van der Waals surface area contributed by atoms with Gasteiger partial charge in [-0.15, -0.1) is 24.8 Å². The van der Waals surface area contributed by atoms with Crippen LogP contribution >= 0.6 is 24.8 Å². The Labute approximate surface area is 187 Å². The molecule has 0 heterocycles. The number of hydrogen-bond acceptors (Lipinski definition) is 4. The molecular weight excluding hydrogens is 409 g/mol. The number of nitrogens with one attached hydrogen (secondary N) is 1. The molecule has 1 amide bonds. The molecule has 2 bridgehead atoms. The summed E-state index contributed by atoms with van der Waals surface area (Å²) in [7, 11) is 0. The van der Waals surface area contributed by atoms with Gasteiger partial charge in [0.15, 0.2) is 0 Å². The van der Waals surface area contributed by atoms with Crippen LogP contribution in [0.3, 0.4) is 0 Å². The number of likely N-dealkylation sites (N-methyl/N-ethyl adjacent to an activating group) is 1. The maximum atomic E-state index is 12.7. The van der Waals surface area contributed by atoms with Gasteiger partial charge >= 0.3 is 0 Å². The molecule has 3 rings (SSSR count). The summed E-state index contributed by atoms with van der Waals surface area (Å²) in [6.45, 7) is 7.97. The van der Waals surface area contributed by atoms with Crippen molar-refractivity contribution in [3.63, 3.8) is 0 Å². The first-order chi connectivity index (χ1) is 13.1. The molecule has 0 radical (unpaired) electrons. The number of carbonyl (C=O) groups is 1. The Morgan fingerprint density at radius 2 is 1.69 bits per heavy atom. The maximum Gasteiger partial charge on any atom is 0.251 e. The quantitative estimate of drug-likeness (QED) is 0.636. The summed E-state index contributed by atoms with van der Waals surface area (Å²) in [5.74, 6) is 1.93. The number of fused-ring (bicyclic) bond motifs is 2. The second-order valence-corrected chi connectivity index (χ2v) is 8.08. The number of benzene rings is 1. The fourth-order valence-electron chi connectivity index (χ4n) is 4.79. The predicted octanol–water partition coefficient (Wildman–Crippen LogP) is 3.89. The van der Waals surface area contributed by atoms with Gasteiger partial charge in [-0.3, -0.25) is 4.79 Å². The van der Waals surface area contributed by atoms with E-state index in [2.05, 4.69) is 24.1 Å². The van der Waals surface area contributed by atoms with E-state index in [9.17, 15) is 4.79 Å². The number of carbonyl (C=O) groups excluding carboxylic acids is 1. The summed E-state index contributed by atoms with van der Waals surface area (Å²) in [5, 5.41) is 3.31. The molecule has 166 valence electrons. The highest BCUT2D eigenvalue weighted by Gasteiger charge is 2.39. The molecule has 2 fully saturated rings. The molecule has 2 unspecified atom stereocenters. The zero-order chi connectivity index (χ0) is 19.2. The van der Waals surface area contributed by atoms with Crippen LogP contribution in [0.4, 0.5) is 0 Å². The first-order valence-electron chi connectivity index (χ1n) is 10.6. The van der Waals surface area contributed by atoms with E-state index >= 15 is 0 Å². The van der Waals surface area contributed by atoms with Crippen LogP contribution in [0.1, 0.15) is 56.3 Å². The third-order valence-electron chi connectivity index (χ3n) is 6.36. The van der Waals surface area contributed by atoms with Crippen molar-refractivity contribution in [3.05, 3.63) is 29.8 Å². The van der Waals surface area contributed by atoms with Gasteiger partial charge < -0.3 is 20.7 Å². The van der Waals surface area contributed by atoms with Crippen LogP contribution in [-0.2, 0) is 0 Å². The molecule has 5 nitrogen and oxygen atoms in total. The van der Waals surface area contributed by atoms with E-state index in [4.69, 9.17) is 10.5 Å². The first kappa shape index (κ1) is 26.0. The van der Waals surface area contributed by atoms with Crippen LogP contribution in [0.25, 0.3) is 0 Å². The lowest BCUT2D eigenvalue weighted by atomic mass is 9.67. The van der Waals surface area contributed by atoms with Crippen molar-refractivity contribution in [2.24, 2.45) is 17.6 Å². The lowest BCUT2D eigenvalue weighted by Crippen LogP contribution is -2.53. The van der Waals surface area contributed by atoms with E-state index < -0.39 is 0 Å². The second-order valence-electron chi connectivity index (χ2n) is 8.08. The lowest BCUT2D eigenvalue weighted by Gasteiger charge is -2.45. The van der Waals surface area contributed by atoms with Crippen molar-refractivity contribution < 1.29 is 9.53 Å². The maximum absolute atomic E-state index is 12.7. The van der Waals surface area contributed by atoms with Gasteiger partial charge in [0.05, 0.1) is 0 Å². The Hall–Kier alpha value is -1.01. The highest BCUT2D eigenvalue weighted by molar-refractivity contribution is 5.94. The largest absolute Gasteiger partial charge is 0.492 e. The number of halogens is 2. The van der Waals surface area contributed by atoms with Crippen molar-refractivity contribution >= 4 is 30.7 Å². The summed E-state index contributed by atoms with van der Waals surface area (Å²) in [6.07, 6.45) is 5.73. The Kier molecular flexibility index (Phi) is 11.3. The molecule has 2 saturated carbocycles. The molecule has 0 spiro atoms. The van der Waals surface area contributed by atoms with E-state index in [1.165, 1.54) is 19.3 Å². The smallest absolute Gasteiger partial charge is 0.251 e. The van der Waals surface area contributed by atoms with Crippen molar-refractivity contribution in [3.8, 4) is 5.75 Å². The Balaban J connectivity index is 0.00000210. The summed E-state index contributed by atoms with van der Waals surface area (Å²) in [6, 6.07) is 8.12. The highest BCUT2D eigenvalue weighted by atomic mass is 35.5. The number of nitrogens with two attached hydrogens (primary N) is 1. The van der Waals surface area contributed by atoms with Gasteiger partial charge in [0.25, 0.3) is 5.91 Å². The number of rotatable bonds is 8. The van der Waals surface area contributed by atoms with Gasteiger partial charge in [-0.1, -0.05) is 20.3 Å². The van der Waals surface area contributed by atoms with E-state index in [0.29, 0.717) is 30.0 Å². The van der Waals surface area contributed by atoms with Gasteiger partial charge in [-0.2, -0.15) is 0 Å². The van der Waals surface area contributed by atoms with E-state index in [1.807, 2.05) is 24.3 Å². The van der Waals surface area contributed by atoms with Crippen molar-refractivity contribution in [2.45, 2.75) is 58.0 Å². The molecule has 0 aliphatic heterocycles. The third-order valence-corrected chi connectivity index (χ3v) is 6.36. The molecule has 1 aromatic carbocycles. The summed E-state index contributed by atoms with van der Waals surface area (Å²) in [4.78, 5) is 15.1. The molecule has 0 saturated heterocycles. The Bertz CT molecular complexity index is 597. The van der Waals surface area contributed by atoms with Gasteiger partial charge in [0.2, 0.25) is 0 Å². The zero-order valence-electron chi connectivity index (χ0n) is 17.6. The van der Waals surface area contributed by atoms with Crippen molar-refractivity contribution in [1.29, 1.82) is 0 Å². The van der Waals surface area contributed by atoms with Gasteiger partial charge in [0.1, 0.15) is 12.4 Å². The van der Waals surface area contributed by atoms with Gasteiger partial charge in [0, 0.05) is 24.2 Å². The minimum absolute atomic E-state index is 0. The first-order valence-corrected chi connectivity index (χ1v) is 10.6. The summed E-state index contributed by atoms with van der Waals surface area (Å²) < 4.78 is 5.81. The number of hydrogen-bond donors (Lipinski definition) is 2. The average molecular weight is 446 g/mol. The SMILES string of the molecule is CCN(CC)CCOc1ccc(C(=O)NC2C3CCCC2CC(N)C3)cc1.Cl.Cl. The second kappa shape index (κ2) is 12.6. The number of amides is 1. The van der Waals surface area contributed by atoms with Gasteiger partial charge in [-0.25, -0.2) is 0 Å². The predicted molar refractivity (Wildman–Crippen MR) is 124 cm³/mol. The van der Waals surface area contributed by atoms with Crippen molar-refractivity contribution in [2.75, 3.05) is 26.2 Å². The van der Waals surface area contributed by atoms with Crippen LogP contribution in [0, 0.1) is 11.8 Å². The molecule has 2 aliphatic carbocycles. The molecule has 29 heavy (non-hydrogen) atoms. The van der Waals surface area contributed by atoms with Crippen LogP contribution in [0.5, 0.6) is 5.75 Å². The Morgan fingerprint density at radius 1 is 1.10 bits per heavy atom. The fraction of sp³-hybridized carbons (Fsp3) is 0.682. The average Bonchev–Trinajstić information content (AvgIpc) is 2.66. The van der Waals surface area contributed by atoms with Crippen molar-refractivity contribution in [1.82, 2.24) is 10.2 Å². The zero-order valence-corrected chi connectivity index (χ0v) is 19.3. The minimum atomic E-state index is 0. The highest BCUT2D eigenvalue weighted by Crippen LogP contribution is 2.39.